The Hall–Kier alpha value is -2.65. The summed E-state index contributed by atoms with van der Waals surface area (Å²) >= 11 is 1.23. The summed E-state index contributed by atoms with van der Waals surface area (Å²) in [5.74, 6) is -0.0280. The first-order valence-corrected chi connectivity index (χ1v) is 14.2. The van der Waals surface area contributed by atoms with Crippen LogP contribution in [0.2, 0.25) is 0 Å². The highest BCUT2D eigenvalue weighted by Gasteiger charge is 2.35. The van der Waals surface area contributed by atoms with Crippen molar-refractivity contribution in [3.63, 3.8) is 0 Å². The highest BCUT2D eigenvalue weighted by Crippen LogP contribution is 2.28. The number of carbonyl (C=O) groups is 1. The second-order valence-corrected chi connectivity index (χ2v) is 12.0. The summed E-state index contributed by atoms with van der Waals surface area (Å²) in [6, 6.07) is 14.6. The van der Waals surface area contributed by atoms with E-state index >= 15 is 0 Å². The van der Waals surface area contributed by atoms with Crippen LogP contribution in [0, 0.1) is 0 Å². The van der Waals surface area contributed by atoms with Crippen LogP contribution in [0.15, 0.2) is 58.5 Å². The summed E-state index contributed by atoms with van der Waals surface area (Å²) in [5, 5.41) is 0.401. The normalized spacial score (nSPS) is 18.1. The molecule has 2 atom stereocenters. The Kier molecular flexibility index (Phi) is 7.14. The predicted molar refractivity (Wildman–Crippen MR) is 136 cm³/mol. The molecule has 2 heterocycles. The molecule has 0 aliphatic carbocycles. The second-order valence-electron chi connectivity index (χ2n) is 8.51. The maximum atomic E-state index is 13.5. The summed E-state index contributed by atoms with van der Waals surface area (Å²) < 4.78 is 25.5. The fraction of sp³-hybridized carbons (Fsp3) is 0.400. The predicted octanol–water partition coefficient (Wildman–Crippen LogP) is 3.46. The van der Waals surface area contributed by atoms with E-state index in [9.17, 15) is 18.0 Å². The van der Waals surface area contributed by atoms with Gasteiger partial charge >= 0.3 is 0 Å². The van der Waals surface area contributed by atoms with Crippen LogP contribution in [0.25, 0.3) is 16.6 Å². The average molecular weight is 500 g/mol. The lowest BCUT2D eigenvalue weighted by molar-refractivity contribution is -0.131. The lowest BCUT2D eigenvalue weighted by Gasteiger charge is -2.29. The monoisotopic (exact) mass is 499 g/mol. The number of amides is 1. The molecule has 2 aromatic carbocycles. The van der Waals surface area contributed by atoms with Crippen LogP contribution in [-0.2, 0) is 21.1 Å². The summed E-state index contributed by atoms with van der Waals surface area (Å²) in [6.45, 7) is 6.15. The Morgan fingerprint density at radius 3 is 2.50 bits per heavy atom. The minimum absolute atomic E-state index is 0.00662. The van der Waals surface area contributed by atoms with Gasteiger partial charge in [0.2, 0.25) is 5.91 Å². The molecule has 0 spiro atoms. The SMILES string of the molecule is CCc1ccc(-n2c(SC(C)C(=O)N(CC)C3CCS(=O)(=O)C3)nc3ccccc3c2=O)cc1. The molecule has 3 aromatic rings. The Bertz CT molecular complexity index is 1370. The zero-order chi connectivity index (χ0) is 24.5. The number of hydrogen-bond donors (Lipinski definition) is 0. The third kappa shape index (κ3) is 4.90. The van der Waals surface area contributed by atoms with Crippen LogP contribution in [0.3, 0.4) is 0 Å². The third-order valence-corrected chi connectivity index (χ3v) is 9.04. The lowest BCUT2D eigenvalue weighted by Crippen LogP contribution is -2.44. The van der Waals surface area contributed by atoms with Gasteiger partial charge in [0.25, 0.3) is 5.56 Å². The van der Waals surface area contributed by atoms with Crippen molar-refractivity contribution < 1.29 is 13.2 Å². The molecule has 7 nitrogen and oxygen atoms in total. The van der Waals surface area contributed by atoms with Gasteiger partial charge in [0.05, 0.1) is 33.3 Å². The van der Waals surface area contributed by atoms with Crippen molar-refractivity contribution in [2.45, 2.75) is 50.1 Å². The van der Waals surface area contributed by atoms with Crippen molar-refractivity contribution in [2.24, 2.45) is 0 Å². The van der Waals surface area contributed by atoms with Crippen LogP contribution in [0.1, 0.15) is 32.8 Å². The van der Waals surface area contributed by atoms with Crippen molar-refractivity contribution in [1.29, 1.82) is 0 Å². The number of nitrogens with zero attached hydrogens (tertiary/aromatic N) is 3. The molecule has 9 heteroatoms. The smallest absolute Gasteiger partial charge is 0.266 e. The number of para-hydroxylation sites is 1. The van der Waals surface area contributed by atoms with Gasteiger partial charge in [-0.1, -0.05) is 43.0 Å². The largest absolute Gasteiger partial charge is 0.338 e. The first-order valence-electron chi connectivity index (χ1n) is 11.5. The van der Waals surface area contributed by atoms with E-state index in [2.05, 4.69) is 6.92 Å². The minimum atomic E-state index is -3.11. The number of fused-ring (bicyclic) bond motifs is 1. The molecule has 180 valence electrons. The number of rotatable bonds is 7. The summed E-state index contributed by atoms with van der Waals surface area (Å²) in [6.07, 6.45) is 1.35. The quantitative estimate of drug-likeness (QED) is 0.365. The van der Waals surface area contributed by atoms with E-state index in [1.54, 1.807) is 28.5 Å². The molecule has 1 amide bonds. The number of benzene rings is 2. The van der Waals surface area contributed by atoms with E-state index in [4.69, 9.17) is 4.98 Å². The highest BCUT2D eigenvalue weighted by molar-refractivity contribution is 8.00. The maximum absolute atomic E-state index is 13.5. The van der Waals surface area contributed by atoms with Gasteiger partial charge in [-0.05, 0) is 56.5 Å². The van der Waals surface area contributed by atoms with E-state index in [0.29, 0.717) is 34.7 Å². The molecule has 2 unspecified atom stereocenters. The van der Waals surface area contributed by atoms with Gasteiger partial charge in [-0.3, -0.25) is 14.2 Å². The molecular weight excluding hydrogens is 470 g/mol. The van der Waals surface area contributed by atoms with Gasteiger partial charge in [-0.2, -0.15) is 0 Å². The molecule has 1 saturated heterocycles. The molecule has 1 aliphatic heterocycles. The van der Waals surface area contributed by atoms with E-state index < -0.39 is 15.1 Å². The van der Waals surface area contributed by atoms with E-state index in [1.165, 1.54) is 11.8 Å². The number of carbonyl (C=O) groups excluding carboxylic acids is 1. The van der Waals surface area contributed by atoms with Crippen molar-refractivity contribution in [3.8, 4) is 5.69 Å². The summed E-state index contributed by atoms with van der Waals surface area (Å²) in [7, 11) is -3.11. The molecule has 0 saturated carbocycles. The Balaban J connectivity index is 1.71. The molecule has 1 fully saturated rings. The zero-order valence-electron chi connectivity index (χ0n) is 19.6. The average Bonchev–Trinajstić information content (AvgIpc) is 3.19. The van der Waals surface area contributed by atoms with Crippen molar-refractivity contribution in [2.75, 3.05) is 18.1 Å². The minimum Gasteiger partial charge on any atom is -0.338 e. The van der Waals surface area contributed by atoms with Gasteiger partial charge in [0, 0.05) is 12.6 Å². The molecule has 0 radical (unpaired) electrons. The van der Waals surface area contributed by atoms with Gasteiger partial charge in [-0.25, -0.2) is 13.4 Å². The fourth-order valence-corrected chi connectivity index (χ4v) is 7.08. The number of aromatic nitrogens is 2. The van der Waals surface area contributed by atoms with E-state index in [0.717, 1.165) is 12.0 Å². The summed E-state index contributed by atoms with van der Waals surface area (Å²) in [4.78, 5) is 33.2. The molecule has 4 rings (SSSR count). The molecule has 0 bridgehead atoms. The first kappa shape index (κ1) is 24.5. The number of hydrogen-bond acceptors (Lipinski definition) is 6. The Morgan fingerprint density at radius 2 is 1.88 bits per heavy atom. The molecule has 1 aliphatic rings. The van der Waals surface area contributed by atoms with Gasteiger partial charge < -0.3 is 4.90 Å². The Morgan fingerprint density at radius 1 is 1.18 bits per heavy atom. The lowest BCUT2D eigenvalue weighted by atomic mass is 10.1. The first-order chi connectivity index (χ1) is 16.2. The van der Waals surface area contributed by atoms with Crippen molar-refractivity contribution in [3.05, 3.63) is 64.4 Å². The molecule has 0 N–H and O–H groups in total. The van der Waals surface area contributed by atoms with Gasteiger partial charge in [0.15, 0.2) is 15.0 Å². The standard InChI is InChI=1S/C25H29N3O4S2/c1-4-18-10-12-19(13-11-18)28-24(30)21-8-6-7-9-22(21)26-25(28)33-17(3)23(29)27(5-2)20-14-15-34(31,32)16-20/h6-13,17,20H,4-5,14-16H2,1-3H3. The van der Waals surface area contributed by atoms with Crippen LogP contribution in [0.4, 0.5) is 0 Å². The summed E-state index contributed by atoms with van der Waals surface area (Å²) in [5.41, 5.74) is 2.24. The third-order valence-electron chi connectivity index (χ3n) is 6.25. The molecular formula is C25H29N3O4S2. The maximum Gasteiger partial charge on any atom is 0.266 e. The highest BCUT2D eigenvalue weighted by atomic mass is 32.2. The molecule has 1 aromatic heterocycles. The van der Waals surface area contributed by atoms with Gasteiger partial charge in [0.1, 0.15) is 0 Å². The number of thioether (sulfide) groups is 1. The second kappa shape index (κ2) is 9.92. The van der Waals surface area contributed by atoms with Crippen LogP contribution < -0.4 is 5.56 Å². The Labute approximate surface area is 204 Å². The zero-order valence-corrected chi connectivity index (χ0v) is 21.2. The van der Waals surface area contributed by atoms with E-state index in [1.807, 2.05) is 43.3 Å². The van der Waals surface area contributed by atoms with Crippen molar-refractivity contribution in [1.82, 2.24) is 14.5 Å². The topological polar surface area (TPSA) is 89.3 Å². The van der Waals surface area contributed by atoms with Gasteiger partial charge in [-0.15, -0.1) is 0 Å². The van der Waals surface area contributed by atoms with E-state index in [-0.39, 0.29) is 29.0 Å². The van der Waals surface area contributed by atoms with Crippen LogP contribution in [-0.4, -0.2) is 58.1 Å². The van der Waals surface area contributed by atoms with Crippen molar-refractivity contribution >= 4 is 38.4 Å². The fourth-order valence-electron chi connectivity index (χ4n) is 4.36. The number of sulfone groups is 1. The van der Waals surface area contributed by atoms with Crippen LogP contribution >= 0.6 is 11.8 Å². The van der Waals surface area contributed by atoms with Crippen LogP contribution in [0.5, 0.6) is 0 Å². The molecule has 34 heavy (non-hydrogen) atoms. The number of aryl methyl sites for hydroxylation is 1.